The summed E-state index contributed by atoms with van der Waals surface area (Å²) in [6, 6.07) is 3.35. The van der Waals surface area contributed by atoms with E-state index in [0.29, 0.717) is 22.2 Å². The highest BCUT2D eigenvalue weighted by molar-refractivity contribution is 6.35. The van der Waals surface area contributed by atoms with Crippen molar-refractivity contribution in [1.29, 1.82) is 0 Å². The fraction of sp³-hybridized carbons (Fsp3) is 0.500. The van der Waals surface area contributed by atoms with Crippen molar-refractivity contribution >= 4 is 23.2 Å². The summed E-state index contributed by atoms with van der Waals surface area (Å²) in [5.74, 6) is 0.484. The van der Waals surface area contributed by atoms with Crippen molar-refractivity contribution < 1.29 is 9.13 Å². The highest BCUT2D eigenvalue weighted by Gasteiger charge is 2.13. The molecule has 1 atom stereocenters. The molecule has 0 aromatic heterocycles. The van der Waals surface area contributed by atoms with Gasteiger partial charge in [-0.15, -0.1) is 0 Å². The van der Waals surface area contributed by atoms with Gasteiger partial charge in [-0.1, -0.05) is 30.1 Å². The molecule has 0 radical (unpaired) electrons. The number of benzene rings is 1. The molecule has 2 nitrogen and oxygen atoms in total. The van der Waals surface area contributed by atoms with Gasteiger partial charge in [-0.25, -0.2) is 4.39 Å². The first-order valence-corrected chi connectivity index (χ1v) is 6.26. The Balaban J connectivity index is 2.97. The minimum Gasteiger partial charge on any atom is -0.489 e. The van der Waals surface area contributed by atoms with Crippen LogP contribution in [0.3, 0.4) is 0 Å². The molecule has 1 aromatic rings. The van der Waals surface area contributed by atoms with Gasteiger partial charge >= 0.3 is 0 Å². The monoisotopic (exact) mass is 279 g/mol. The molecule has 0 heterocycles. The molecule has 0 aliphatic heterocycles. The maximum atomic E-state index is 12.1. The van der Waals surface area contributed by atoms with Crippen LogP contribution in [0.2, 0.25) is 10.0 Å². The molecule has 0 amide bonds. The number of hydrogen-bond acceptors (Lipinski definition) is 2. The highest BCUT2D eigenvalue weighted by atomic mass is 35.5. The van der Waals surface area contributed by atoms with Gasteiger partial charge in [0.25, 0.3) is 0 Å². The van der Waals surface area contributed by atoms with E-state index in [1.807, 2.05) is 6.92 Å². The molecule has 5 heteroatoms. The van der Waals surface area contributed by atoms with Crippen molar-refractivity contribution in [2.45, 2.75) is 25.8 Å². The van der Waals surface area contributed by atoms with Gasteiger partial charge in [-0.3, -0.25) is 0 Å². The maximum absolute atomic E-state index is 12.1. The average molecular weight is 280 g/mol. The van der Waals surface area contributed by atoms with Crippen molar-refractivity contribution in [3.8, 4) is 5.75 Å². The van der Waals surface area contributed by atoms with Crippen molar-refractivity contribution in [2.24, 2.45) is 5.73 Å². The molecular formula is C12H16Cl2FNO. The third kappa shape index (κ3) is 4.34. The normalized spacial score (nSPS) is 12.5. The van der Waals surface area contributed by atoms with Gasteiger partial charge in [0, 0.05) is 11.1 Å². The van der Waals surface area contributed by atoms with E-state index < -0.39 is 6.67 Å². The molecule has 0 saturated carbocycles. The van der Waals surface area contributed by atoms with E-state index in [9.17, 15) is 4.39 Å². The Morgan fingerprint density at radius 1 is 1.41 bits per heavy atom. The van der Waals surface area contributed by atoms with Crippen molar-refractivity contribution in [1.82, 2.24) is 0 Å². The quantitative estimate of drug-likeness (QED) is 0.863. The summed E-state index contributed by atoms with van der Waals surface area (Å²) in [4.78, 5) is 0. The van der Waals surface area contributed by atoms with E-state index in [1.54, 1.807) is 12.1 Å². The zero-order valence-electron chi connectivity index (χ0n) is 9.68. The fourth-order valence-corrected chi connectivity index (χ4v) is 2.08. The van der Waals surface area contributed by atoms with Crippen LogP contribution in [0.25, 0.3) is 0 Å². The summed E-state index contributed by atoms with van der Waals surface area (Å²) in [5, 5.41) is 0.921. The molecule has 0 spiro atoms. The Morgan fingerprint density at radius 2 is 2.12 bits per heavy atom. The summed E-state index contributed by atoms with van der Waals surface area (Å²) in [7, 11) is 0. The molecule has 1 unspecified atom stereocenters. The Morgan fingerprint density at radius 3 is 2.71 bits per heavy atom. The summed E-state index contributed by atoms with van der Waals surface area (Å²) in [6.45, 7) is 1.42. The Labute approximate surface area is 111 Å². The highest BCUT2D eigenvalue weighted by Crippen LogP contribution is 2.33. The van der Waals surface area contributed by atoms with E-state index in [4.69, 9.17) is 33.7 Å². The number of alkyl halides is 1. The Bertz CT molecular complexity index is 374. The average Bonchev–Trinajstić information content (AvgIpc) is 2.27. The zero-order valence-corrected chi connectivity index (χ0v) is 11.2. The first kappa shape index (κ1) is 14.6. The first-order chi connectivity index (χ1) is 8.08. The van der Waals surface area contributed by atoms with E-state index >= 15 is 0 Å². The van der Waals surface area contributed by atoms with Crippen molar-refractivity contribution in [2.75, 3.05) is 13.3 Å². The molecule has 0 saturated heterocycles. The molecule has 1 rings (SSSR count). The van der Waals surface area contributed by atoms with Gasteiger partial charge in [0.15, 0.2) is 0 Å². The standard InChI is InChI=1S/C12H16Cl2FNO/c1-2-10(16)6-8-5-9(13)7-11(14)12(8)17-4-3-15/h5,7,10H,2-4,6,16H2,1H3. The molecule has 17 heavy (non-hydrogen) atoms. The van der Waals surface area contributed by atoms with Crippen LogP contribution in [-0.2, 0) is 6.42 Å². The van der Waals surface area contributed by atoms with Crippen LogP contribution in [0.1, 0.15) is 18.9 Å². The summed E-state index contributed by atoms with van der Waals surface area (Å²) >= 11 is 12.0. The van der Waals surface area contributed by atoms with Crippen molar-refractivity contribution in [3.63, 3.8) is 0 Å². The molecule has 0 aliphatic rings. The van der Waals surface area contributed by atoms with E-state index in [2.05, 4.69) is 0 Å². The molecule has 0 bridgehead atoms. The number of rotatable bonds is 6. The largest absolute Gasteiger partial charge is 0.489 e. The number of hydrogen-bond donors (Lipinski definition) is 1. The first-order valence-electron chi connectivity index (χ1n) is 5.50. The number of nitrogens with two attached hydrogens (primary N) is 1. The SMILES string of the molecule is CCC(N)Cc1cc(Cl)cc(Cl)c1OCCF. The van der Waals surface area contributed by atoms with E-state index in [0.717, 1.165) is 12.0 Å². The molecular weight excluding hydrogens is 264 g/mol. The lowest BCUT2D eigenvalue weighted by Crippen LogP contribution is -2.22. The molecule has 96 valence electrons. The smallest absolute Gasteiger partial charge is 0.141 e. The maximum Gasteiger partial charge on any atom is 0.141 e. The van der Waals surface area contributed by atoms with Crippen LogP contribution < -0.4 is 10.5 Å². The van der Waals surface area contributed by atoms with Gasteiger partial charge in [0.1, 0.15) is 19.0 Å². The summed E-state index contributed by atoms with van der Waals surface area (Å²) in [5.41, 5.74) is 6.71. The minimum absolute atomic E-state index is 0.0114. The Hall–Kier alpha value is -0.510. The number of halogens is 3. The number of ether oxygens (including phenoxy) is 1. The van der Waals surface area contributed by atoms with Gasteiger partial charge in [0.05, 0.1) is 5.02 Å². The molecule has 2 N–H and O–H groups in total. The Kier molecular flexibility index (Phi) is 6.03. The molecule has 0 aliphatic carbocycles. The second-order valence-electron chi connectivity index (χ2n) is 3.79. The lowest BCUT2D eigenvalue weighted by molar-refractivity contribution is 0.270. The summed E-state index contributed by atoms with van der Waals surface area (Å²) < 4.78 is 17.4. The van der Waals surface area contributed by atoms with Crippen molar-refractivity contribution in [3.05, 3.63) is 27.7 Å². The zero-order chi connectivity index (χ0) is 12.8. The van der Waals surface area contributed by atoms with E-state index in [1.165, 1.54) is 0 Å². The molecule has 1 aromatic carbocycles. The van der Waals surface area contributed by atoms with Gasteiger partial charge in [-0.05, 0) is 30.5 Å². The summed E-state index contributed by atoms with van der Waals surface area (Å²) in [6.07, 6.45) is 1.45. The lowest BCUT2D eigenvalue weighted by Gasteiger charge is -2.15. The van der Waals surface area contributed by atoms with Gasteiger partial charge in [-0.2, -0.15) is 0 Å². The van der Waals surface area contributed by atoms with Crippen LogP contribution in [-0.4, -0.2) is 19.3 Å². The predicted molar refractivity (Wildman–Crippen MR) is 69.9 cm³/mol. The topological polar surface area (TPSA) is 35.2 Å². The third-order valence-corrected chi connectivity index (χ3v) is 2.91. The van der Waals surface area contributed by atoms with Crippen LogP contribution in [0.4, 0.5) is 4.39 Å². The van der Waals surface area contributed by atoms with Gasteiger partial charge in [0.2, 0.25) is 0 Å². The van der Waals surface area contributed by atoms with Crippen LogP contribution in [0, 0.1) is 0 Å². The van der Waals surface area contributed by atoms with Crippen LogP contribution in [0.15, 0.2) is 12.1 Å². The lowest BCUT2D eigenvalue weighted by atomic mass is 10.0. The second-order valence-corrected chi connectivity index (χ2v) is 4.63. The van der Waals surface area contributed by atoms with Crippen LogP contribution >= 0.6 is 23.2 Å². The predicted octanol–water partition coefficient (Wildman–Crippen LogP) is 3.62. The van der Waals surface area contributed by atoms with Gasteiger partial charge < -0.3 is 10.5 Å². The van der Waals surface area contributed by atoms with Crippen LogP contribution in [0.5, 0.6) is 5.75 Å². The minimum atomic E-state index is -0.557. The second kappa shape index (κ2) is 7.04. The molecule has 0 fully saturated rings. The third-order valence-electron chi connectivity index (χ3n) is 2.42. The van der Waals surface area contributed by atoms with E-state index in [-0.39, 0.29) is 12.6 Å². The fourth-order valence-electron chi connectivity index (χ4n) is 1.49.